The van der Waals surface area contributed by atoms with Gasteiger partial charge in [0.05, 0.1) is 10.5 Å². The highest BCUT2D eigenvalue weighted by Crippen LogP contribution is 2.40. The van der Waals surface area contributed by atoms with E-state index in [1.165, 1.54) is 18.2 Å². The van der Waals surface area contributed by atoms with Crippen molar-refractivity contribution in [2.24, 2.45) is 10.2 Å². The molecule has 0 spiro atoms. The Morgan fingerprint density at radius 1 is 0.969 bits per heavy atom. The number of rotatable bonds is 5. The van der Waals surface area contributed by atoms with Crippen molar-refractivity contribution in [3.8, 4) is 5.75 Å². The van der Waals surface area contributed by atoms with E-state index in [1.807, 2.05) is 19.1 Å². The number of carbonyl (C=O) groups is 1. The largest absolute Gasteiger partial charge is 0.505 e. The number of nitro groups is 1. The van der Waals surface area contributed by atoms with Crippen LogP contribution in [0.1, 0.15) is 15.9 Å². The van der Waals surface area contributed by atoms with Crippen molar-refractivity contribution < 1.29 is 14.8 Å². The van der Waals surface area contributed by atoms with Crippen LogP contribution >= 0.6 is 0 Å². The number of hydrogen-bond acceptors (Lipinski definition) is 6. The summed E-state index contributed by atoms with van der Waals surface area (Å²) < 4.78 is 0. The van der Waals surface area contributed by atoms with Crippen molar-refractivity contribution >= 4 is 39.4 Å². The van der Waals surface area contributed by atoms with Crippen molar-refractivity contribution in [1.29, 1.82) is 0 Å². The number of nitro benzene ring substituents is 1. The van der Waals surface area contributed by atoms with Gasteiger partial charge in [0.2, 0.25) is 0 Å². The van der Waals surface area contributed by atoms with Gasteiger partial charge in [0.15, 0.2) is 11.4 Å². The molecule has 4 aromatic carbocycles. The highest BCUT2D eigenvalue weighted by molar-refractivity contribution is 6.11. The predicted octanol–water partition coefficient (Wildman–Crippen LogP) is 6.43. The first-order valence-corrected chi connectivity index (χ1v) is 9.72. The molecule has 8 heteroatoms. The molecule has 0 radical (unpaired) electrons. The van der Waals surface area contributed by atoms with Crippen LogP contribution in [-0.4, -0.2) is 15.9 Å². The smallest absolute Gasteiger partial charge is 0.296 e. The number of nitrogens with one attached hydrogen (secondary N) is 1. The number of hydrogen-bond donors (Lipinski definition) is 2. The first-order chi connectivity index (χ1) is 15.5. The molecule has 0 aliphatic heterocycles. The molecule has 0 saturated heterocycles. The summed E-state index contributed by atoms with van der Waals surface area (Å²) in [7, 11) is 0. The zero-order chi connectivity index (χ0) is 22.7. The Labute approximate surface area is 183 Å². The molecule has 0 aromatic heterocycles. The number of nitrogens with zero attached hydrogens (tertiary/aromatic N) is 3. The van der Waals surface area contributed by atoms with E-state index in [0.717, 1.165) is 5.56 Å². The molecule has 0 unspecified atom stereocenters. The second-order valence-electron chi connectivity index (χ2n) is 7.06. The van der Waals surface area contributed by atoms with Gasteiger partial charge in [-0.25, -0.2) is 0 Å². The van der Waals surface area contributed by atoms with Crippen LogP contribution < -0.4 is 5.32 Å². The minimum absolute atomic E-state index is 0.0171. The van der Waals surface area contributed by atoms with Gasteiger partial charge >= 0.3 is 0 Å². The van der Waals surface area contributed by atoms with Crippen molar-refractivity contribution in [2.45, 2.75) is 6.92 Å². The third-order valence-corrected chi connectivity index (χ3v) is 4.97. The van der Waals surface area contributed by atoms with Crippen LogP contribution in [0.25, 0.3) is 10.8 Å². The second-order valence-corrected chi connectivity index (χ2v) is 7.06. The Morgan fingerprint density at radius 3 is 2.44 bits per heavy atom. The zero-order valence-corrected chi connectivity index (χ0v) is 17.0. The number of anilines is 1. The molecule has 0 atom stereocenters. The van der Waals surface area contributed by atoms with Crippen LogP contribution in [0.4, 0.5) is 22.7 Å². The lowest BCUT2D eigenvalue weighted by Crippen LogP contribution is -2.13. The number of aromatic hydroxyl groups is 1. The maximum Gasteiger partial charge on any atom is 0.296 e. The van der Waals surface area contributed by atoms with E-state index in [2.05, 4.69) is 15.5 Å². The van der Waals surface area contributed by atoms with Gasteiger partial charge in [-0.05, 0) is 36.1 Å². The Morgan fingerprint density at radius 2 is 1.66 bits per heavy atom. The lowest BCUT2D eigenvalue weighted by atomic mass is 10.0. The summed E-state index contributed by atoms with van der Waals surface area (Å²) in [6.45, 7) is 1.86. The average Bonchev–Trinajstić information content (AvgIpc) is 2.79. The molecule has 0 aliphatic carbocycles. The Bertz CT molecular complexity index is 1380. The van der Waals surface area contributed by atoms with E-state index in [0.29, 0.717) is 16.5 Å². The van der Waals surface area contributed by atoms with E-state index in [9.17, 15) is 20.0 Å². The molecule has 4 aromatic rings. The fraction of sp³-hybridized carbons (Fsp3) is 0.0417. The lowest BCUT2D eigenvalue weighted by molar-refractivity contribution is -0.384. The zero-order valence-electron chi connectivity index (χ0n) is 17.0. The van der Waals surface area contributed by atoms with Crippen LogP contribution in [0.3, 0.4) is 0 Å². The second kappa shape index (κ2) is 8.65. The summed E-state index contributed by atoms with van der Waals surface area (Å²) >= 11 is 0. The summed E-state index contributed by atoms with van der Waals surface area (Å²) in [5.74, 6) is -0.873. The minimum Gasteiger partial charge on any atom is -0.505 e. The monoisotopic (exact) mass is 426 g/mol. The van der Waals surface area contributed by atoms with Gasteiger partial charge in [-0.1, -0.05) is 54.6 Å². The molecular formula is C24H18N4O4. The Kier molecular flexibility index (Phi) is 5.59. The standard InChI is InChI=1S/C24H18N4O4/c1-15-8-2-5-11-19(15)25-24(30)18-14-16-9-3-4-10-17(16)22(23(18)29)27-26-20-12-6-7-13-21(20)28(31)32/h2-14,29H,1H3,(H,25,30). The molecule has 1 amide bonds. The quantitative estimate of drug-likeness (QED) is 0.217. The number of azo groups is 1. The van der Waals surface area contributed by atoms with Crippen LogP contribution in [-0.2, 0) is 0 Å². The van der Waals surface area contributed by atoms with Crippen LogP contribution in [0.2, 0.25) is 0 Å². The maximum absolute atomic E-state index is 13.0. The number of amides is 1. The van der Waals surface area contributed by atoms with Gasteiger partial charge in [0.1, 0.15) is 5.69 Å². The van der Waals surface area contributed by atoms with Gasteiger partial charge in [-0.2, -0.15) is 0 Å². The maximum atomic E-state index is 13.0. The molecule has 0 heterocycles. The molecule has 0 aliphatic rings. The van der Waals surface area contributed by atoms with Crippen molar-refractivity contribution in [3.63, 3.8) is 0 Å². The summed E-state index contributed by atoms with van der Waals surface area (Å²) in [6, 6.07) is 21.8. The van der Waals surface area contributed by atoms with Crippen molar-refractivity contribution in [2.75, 3.05) is 5.32 Å². The summed E-state index contributed by atoms with van der Waals surface area (Å²) in [6.07, 6.45) is 0. The van der Waals surface area contributed by atoms with Crippen molar-refractivity contribution in [3.05, 3.63) is 100 Å². The highest BCUT2D eigenvalue weighted by atomic mass is 16.6. The van der Waals surface area contributed by atoms with Crippen LogP contribution in [0.5, 0.6) is 5.75 Å². The molecule has 2 N–H and O–H groups in total. The van der Waals surface area contributed by atoms with E-state index >= 15 is 0 Å². The fourth-order valence-electron chi connectivity index (χ4n) is 3.30. The number of phenolic OH excluding ortho intramolecular Hbond substituents is 1. The van der Waals surface area contributed by atoms with E-state index in [-0.39, 0.29) is 28.4 Å². The van der Waals surface area contributed by atoms with Gasteiger partial charge < -0.3 is 10.4 Å². The fourth-order valence-corrected chi connectivity index (χ4v) is 3.30. The Hall–Kier alpha value is -4.59. The normalized spacial score (nSPS) is 11.0. The number of phenols is 1. The molecule has 0 bridgehead atoms. The summed E-state index contributed by atoms with van der Waals surface area (Å²) in [4.78, 5) is 23.7. The number of para-hydroxylation sites is 2. The third-order valence-electron chi connectivity index (χ3n) is 4.97. The van der Waals surface area contributed by atoms with E-state index in [1.54, 1.807) is 48.5 Å². The topological polar surface area (TPSA) is 117 Å². The molecule has 32 heavy (non-hydrogen) atoms. The number of fused-ring (bicyclic) bond motifs is 1. The van der Waals surface area contributed by atoms with Crippen LogP contribution in [0.15, 0.2) is 89.1 Å². The molecule has 8 nitrogen and oxygen atoms in total. The first-order valence-electron chi connectivity index (χ1n) is 9.72. The molecule has 0 fully saturated rings. The average molecular weight is 426 g/mol. The van der Waals surface area contributed by atoms with E-state index in [4.69, 9.17) is 0 Å². The molecular weight excluding hydrogens is 408 g/mol. The van der Waals surface area contributed by atoms with E-state index < -0.39 is 10.8 Å². The number of benzene rings is 4. The molecule has 158 valence electrons. The Balaban J connectivity index is 1.81. The third kappa shape index (κ3) is 4.01. The molecule has 0 saturated carbocycles. The number of aryl methyl sites for hydroxylation is 1. The highest BCUT2D eigenvalue weighted by Gasteiger charge is 2.19. The summed E-state index contributed by atoms with van der Waals surface area (Å²) in [5, 5.41) is 34.3. The van der Waals surface area contributed by atoms with Gasteiger partial charge in [0.25, 0.3) is 11.6 Å². The number of carbonyl (C=O) groups excluding carboxylic acids is 1. The van der Waals surface area contributed by atoms with Gasteiger partial charge in [-0.15, -0.1) is 10.2 Å². The SMILES string of the molecule is Cc1ccccc1NC(=O)c1cc2ccccc2c(N=Nc2ccccc2[N+](=O)[O-])c1O. The predicted molar refractivity (Wildman–Crippen MR) is 122 cm³/mol. The lowest BCUT2D eigenvalue weighted by Gasteiger charge is -2.12. The van der Waals surface area contributed by atoms with Crippen molar-refractivity contribution in [1.82, 2.24) is 0 Å². The summed E-state index contributed by atoms with van der Waals surface area (Å²) in [5.41, 5.74) is 1.38. The molecule has 4 rings (SSSR count). The van der Waals surface area contributed by atoms with Gasteiger partial charge in [0, 0.05) is 17.1 Å². The minimum atomic E-state index is -0.557. The first kappa shape index (κ1) is 20.7. The van der Waals surface area contributed by atoms with Gasteiger partial charge in [-0.3, -0.25) is 14.9 Å². The van der Waals surface area contributed by atoms with Crippen LogP contribution in [0, 0.1) is 17.0 Å².